The summed E-state index contributed by atoms with van der Waals surface area (Å²) in [5.74, 6) is 0.309. The molecule has 116 valence electrons. The number of likely N-dealkylation sites (tertiary alicyclic amines) is 1. The van der Waals surface area contributed by atoms with Crippen LogP contribution in [0.5, 0.6) is 0 Å². The van der Waals surface area contributed by atoms with Crippen LogP contribution in [0, 0.1) is 6.92 Å². The molecule has 0 saturated carbocycles. The monoisotopic (exact) mass is 287 g/mol. The van der Waals surface area contributed by atoms with Gasteiger partial charge in [0.15, 0.2) is 5.78 Å². The van der Waals surface area contributed by atoms with Crippen LogP contribution in [0.1, 0.15) is 67.8 Å². The Bertz CT molecular complexity index is 437. The van der Waals surface area contributed by atoms with Crippen molar-refractivity contribution < 1.29 is 4.79 Å². The van der Waals surface area contributed by atoms with Crippen LogP contribution in [0.25, 0.3) is 0 Å². The molecule has 1 aliphatic rings. The molecule has 1 aromatic rings. The first-order chi connectivity index (χ1) is 10.2. The largest absolute Gasteiger partial charge is 0.300 e. The molecule has 2 nitrogen and oxygen atoms in total. The molecular formula is C19H29NO. The van der Waals surface area contributed by atoms with E-state index in [1.807, 2.05) is 24.3 Å². The fourth-order valence-corrected chi connectivity index (χ4v) is 3.19. The normalized spacial score (nSPS) is 20.2. The fourth-order valence-electron chi connectivity index (χ4n) is 3.19. The molecule has 0 amide bonds. The molecule has 2 rings (SSSR count). The molecule has 0 aromatic heterocycles. The number of carbonyl (C=O) groups is 1. The predicted octanol–water partition coefficient (Wildman–Crippen LogP) is 4.61. The molecule has 1 unspecified atom stereocenters. The zero-order valence-electron chi connectivity index (χ0n) is 13.6. The van der Waals surface area contributed by atoms with Crippen molar-refractivity contribution in [2.45, 2.75) is 64.8 Å². The van der Waals surface area contributed by atoms with E-state index in [-0.39, 0.29) is 0 Å². The van der Waals surface area contributed by atoms with Gasteiger partial charge in [0.05, 0.1) is 0 Å². The van der Waals surface area contributed by atoms with Gasteiger partial charge in [0.2, 0.25) is 0 Å². The number of rotatable bonds is 6. The second kappa shape index (κ2) is 8.33. The number of aryl methyl sites for hydroxylation is 1. The van der Waals surface area contributed by atoms with Gasteiger partial charge < -0.3 is 0 Å². The lowest BCUT2D eigenvalue weighted by atomic mass is 9.98. The Morgan fingerprint density at radius 3 is 2.67 bits per heavy atom. The van der Waals surface area contributed by atoms with E-state index in [1.165, 1.54) is 50.6 Å². The third kappa shape index (κ3) is 4.96. The summed E-state index contributed by atoms with van der Waals surface area (Å²) in [4.78, 5) is 15.1. The van der Waals surface area contributed by atoms with Crippen LogP contribution in [-0.4, -0.2) is 29.8 Å². The van der Waals surface area contributed by atoms with Crippen LogP contribution in [0.2, 0.25) is 0 Å². The van der Waals surface area contributed by atoms with E-state index in [9.17, 15) is 4.79 Å². The second-order valence-electron chi connectivity index (χ2n) is 6.39. The average molecular weight is 287 g/mol. The summed E-state index contributed by atoms with van der Waals surface area (Å²) in [7, 11) is 0. The van der Waals surface area contributed by atoms with Crippen LogP contribution < -0.4 is 0 Å². The predicted molar refractivity (Wildman–Crippen MR) is 88.9 cm³/mol. The van der Waals surface area contributed by atoms with Crippen molar-refractivity contribution in [3.05, 3.63) is 35.4 Å². The lowest BCUT2D eigenvalue weighted by molar-refractivity contribution is 0.0916. The van der Waals surface area contributed by atoms with Gasteiger partial charge in [-0.05, 0) is 39.3 Å². The third-order valence-corrected chi connectivity index (χ3v) is 4.59. The highest BCUT2D eigenvalue weighted by Crippen LogP contribution is 2.21. The van der Waals surface area contributed by atoms with Gasteiger partial charge in [-0.3, -0.25) is 9.69 Å². The number of ketones is 1. The van der Waals surface area contributed by atoms with Crippen LogP contribution in [0.3, 0.4) is 0 Å². The smallest absolute Gasteiger partial charge is 0.164 e. The summed E-state index contributed by atoms with van der Waals surface area (Å²) in [6.07, 6.45) is 8.23. The summed E-state index contributed by atoms with van der Waals surface area (Å²) in [6, 6.07) is 8.48. The molecule has 0 bridgehead atoms. The lowest BCUT2D eigenvalue weighted by Crippen LogP contribution is -2.37. The average Bonchev–Trinajstić information content (AvgIpc) is 2.71. The van der Waals surface area contributed by atoms with Gasteiger partial charge in [-0.1, -0.05) is 56.0 Å². The highest BCUT2D eigenvalue weighted by Gasteiger charge is 2.23. The first-order valence-corrected chi connectivity index (χ1v) is 8.54. The molecule has 2 heteroatoms. The van der Waals surface area contributed by atoms with Crippen molar-refractivity contribution in [1.82, 2.24) is 4.90 Å². The standard InChI is InChI=1S/C19H29NO/c1-3-4-13-20-14-7-5-6-8-18(20)15-19(21)17-11-9-16(2)10-12-17/h9-12,18H,3-8,13-15H2,1-2H3. The molecule has 1 heterocycles. The summed E-state index contributed by atoms with van der Waals surface area (Å²) >= 11 is 0. The Morgan fingerprint density at radius 1 is 1.19 bits per heavy atom. The maximum atomic E-state index is 12.5. The minimum atomic E-state index is 0.309. The molecule has 1 aliphatic heterocycles. The van der Waals surface area contributed by atoms with Crippen LogP contribution in [-0.2, 0) is 0 Å². The van der Waals surface area contributed by atoms with Crippen molar-refractivity contribution in [2.24, 2.45) is 0 Å². The number of unbranched alkanes of at least 4 members (excludes halogenated alkanes) is 1. The molecule has 21 heavy (non-hydrogen) atoms. The molecular weight excluding hydrogens is 258 g/mol. The molecule has 0 radical (unpaired) electrons. The number of hydrogen-bond donors (Lipinski definition) is 0. The molecule has 0 spiro atoms. The van der Waals surface area contributed by atoms with E-state index in [0.29, 0.717) is 18.2 Å². The van der Waals surface area contributed by atoms with E-state index < -0.39 is 0 Å². The number of Topliss-reactive ketones (excluding diaryl/α,β-unsaturated/α-hetero) is 1. The Hall–Kier alpha value is -1.15. The van der Waals surface area contributed by atoms with Gasteiger partial charge >= 0.3 is 0 Å². The number of hydrogen-bond acceptors (Lipinski definition) is 2. The molecule has 1 atom stereocenters. The van der Waals surface area contributed by atoms with Crippen LogP contribution in [0.15, 0.2) is 24.3 Å². The molecule has 1 fully saturated rings. The van der Waals surface area contributed by atoms with Gasteiger partial charge in [-0.2, -0.15) is 0 Å². The number of carbonyl (C=O) groups excluding carboxylic acids is 1. The van der Waals surface area contributed by atoms with E-state index in [4.69, 9.17) is 0 Å². The highest BCUT2D eigenvalue weighted by atomic mass is 16.1. The van der Waals surface area contributed by atoms with Crippen molar-refractivity contribution in [1.29, 1.82) is 0 Å². The van der Waals surface area contributed by atoms with Gasteiger partial charge in [-0.15, -0.1) is 0 Å². The molecule has 1 aromatic carbocycles. The topological polar surface area (TPSA) is 20.3 Å². The van der Waals surface area contributed by atoms with E-state index in [2.05, 4.69) is 18.7 Å². The van der Waals surface area contributed by atoms with E-state index >= 15 is 0 Å². The first kappa shape index (κ1) is 16.2. The first-order valence-electron chi connectivity index (χ1n) is 8.54. The van der Waals surface area contributed by atoms with E-state index in [0.717, 1.165) is 12.1 Å². The fraction of sp³-hybridized carbons (Fsp3) is 0.632. The van der Waals surface area contributed by atoms with Crippen molar-refractivity contribution in [3.8, 4) is 0 Å². The quantitative estimate of drug-likeness (QED) is 0.712. The minimum Gasteiger partial charge on any atom is -0.300 e. The Labute approximate surface area is 129 Å². The van der Waals surface area contributed by atoms with Crippen molar-refractivity contribution in [3.63, 3.8) is 0 Å². The second-order valence-corrected chi connectivity index (χ2v) is 6.39. The number of benzene rings is 1. The van der Waals surface area contributed by atoms with E-state index in [1.54, 1.807) is 0 Å². The minimum absolute atomic E-state index is 0.309. The Balaban J connectivity index is 1.99. The van der Waals surface area contributed by atoms with Gasteiger partial charge in [-0.25, -0.2) is 0 Å². The maximum absolute atomic E-state index is 12.5. The lowest BCUT2D eigenvalue weighted by Gasteiger charge is -2.29. The summed E-state index contributed by atoms with van der Waals surface area (Å²) in [6.45, 7) is 6.63. The third-order valence-electron chi connectivity index (χ3n) is 4.59. The summed E-state index contributed by atoms with van der Waals surface area (Å²) in [5, 5.41) is 0. The van der Waals surface area contributed by atoms with Crippen LogP contribution in [0.4, 0.5) is 0 Å². The van der Waals surface area contributed by atoms with Crippen molar-refractivity contribution in [2.75, 3.05) is 13.1 Å². The highest BCUT2D eigenvalue weighted by molar-refractivity contribution is 5.96. The maximum Gasteiger partial charge on any atom is 0.164 e. The van der Waals surface area contributed by atoms with Gasteiger partial charge in [0.1, 0.15) is 0 Å². The molecule has 1 saturated heterocycles. The summed E-state index contributed by atoms with van der Waals surface area (Å²) < 4.78 is 0. The Kier molecular flexibility index (Phi) is 6.44. The summed E-state index contributed by atoms with van der Waals surface area (Å²) in [5.41, 5.74) is 2.09. The van der Waals surface area contributed by atoms with Crippen LogP contribution >= 0.6 is 0 Å². The molecule has 0 N–H and O–H groups in total. The SMILES string of the molecule is CCCCN1CCCCCC1CC(=O)c1ccc(C)cc1. The zero-order chi connectivity index (χ0) is 15.1. The van der Waals surface area contributed by atoms with Gasteiger partial charge in [0, 0.05) is 18.0 Å². The van der Waals surface area contributed by atoms with Gasteiger partial charge in [0.25, 0.3) is 0 Å². The Morgan fingerprint density at radius 2 is 1.95 bits per heavy atom. The molecule has 0 aliphatic carbocycles. The van der Waals surface area contributed by atoms with Crippen molar-refractivity contribution >= 4 is 5.78 Å². The zero-order valence-corrected chi connectivity index (χ0v) is 13.6. The number of nitrogens with zero attached hydrogens (tertiary/aromatic N) is 1.